The normalized spacial score (nSPS) is 11.9. The van der Waals surface area contributed by atoms with E-state index in [0.29, 0.717) is 27.7 Å². The summed E-state index contributed by atoms with van der Waals surface area (Å²) in [7, 11) is 1.31. The van der Waals surface area contributed by atoms with Crippen LogP contribution in [0.3, 0.4) is 0 Å². The molecule has 3 aromatic rings. The molecule has 0 saturated carbocycles. The number of carbonyl (C=O) groups is 2. The molecule has 0 bridgehead atoms. The van der Waals surface area contributed by atoms with Crippen molar-refractivity contribution < 1.29 is 19.1 Å². The van der Waals surface area contributed by atoms with Crippen LogP contribution in [0.5, 0.6) is 5.75 Å². The monoisotopic (exact) mass is 430 g/mol. The summed E-state index contributed by atoms with van der Waals surface area (Å²) in [6.07, 6.45) is 2.95. The quantitative estimate of drug-likeness (QED) is 0.436. The number of hydrogen-bond donors (Lipinski definition) is 0. The van der Waals surface area contributed by atoms with Gasteiger partial charge in [0.2, 0.25) is 0 Å². The van der Waals surface area contributed by atoms with Crippen molar-refractivity contribution in [3.05, 3.63) is 63.9 Å². The lowest BCUT2D eigenvalue weighted by atomic mass is 10.2. The highest BCUT2D eigenvalue weighted by molar-refractivity contribution is 7.16. The maximum absolute atomic E-state index is 12.4. The van der Waals surface area contributed by atoms with Crippen molar-refractivity contribution >= 4 is 51.1 Å². The summed E-state index contributed by atoms with van der Waals surface area (Å²) in [6.45, 7) is 2.27. The Balaban J connectivity index is 2.06. The zero-order chi connectivity index (χ0) is 20.8. The SMILES string of the molecule is CCOc1cccc2sc(=NC(=O)C=Cc3ccccc3Cl)n(CC(=O)OC)c12. The Morgan fingerprint density at radius 1 is 1.21 bits per heavy atom. The second-order valence-electron chi connectivity index (χ2n) is 5.89. The topological polar surface area (TPSA) is 69.9 Å². The molecule has 0 spiro atoms. The van der Waals surface area contributed by atoms with Crippen LogP contribution in [-0.4, -0.2) is 30.2 Å². The van der Waals surface area contributed by atoms with Gasteiger partial charge in [-0.15, -0.1) is 0 Å². The van der Waals surface area contributed by atoms with Crippen LogP contribution in [0, 0.1) is 0 Å². The predicted octanol–water partition coefficient (Wildman–Crippen LogP) is 4.07. The average molecular weight is 431 g/mol. The van der Waals surface area contributed by atoms with Crippen molar-refractivity contribution in [1.82, 2.24) is 4.57 Å². The van der Waals surface area contributed by atoms with Crippen LogP contribution in [0.1, 0.15) is 12.5 Å². The molecule has 6 nitrogen and oxygen atoms in total. The molecule has 0 aliphatic heterocycles. The maximum atomic E-state index is 12.4. The minimum atomic E-state index is -0.465. The fourth-order valence-electron chi connectivity index (χ4n) is 2.70. The van der Waals surface area contributed by atoms with Gasteiger partial charge in [0, 0.05) is 11.1 Å². The average Bonchev–Trinajstić information content (AvgIpc) is 3.05. The summed E-state index contributed by atoms with van der Waals surface area (Å²) in [4.78, 5) is 28.9. The number of benzene rings is 2. The highest BCUT2D eigenvalue weighted by Gasteiger charge is 2.15. The molecule has 0 unspecified atom stereocenters. The lowest BCUT2D eigenvalue weighted by molar-refractivity contribution is -0.141. The molecule has 1 aromatic heterocycles. The van der Waals surface area contributed by atoms with E-state index >= 15 is 0 Å². The van der Waals surface area contributed by atoms with E-state index in [2.05, 4.69) is 4.99 Å². The molecule has 29 heavy (non-hydrogen) atoms. The molecule has 2 aromatic carbocycles. The van der Waals surface area contributed by atoms with Crippen LogP contribution in [0.4, 0.5) is 0 Å². The number of fused-ring (bicyclic) bond motifs is 1. The second-order valence-corrected chi connectivity index (χ2v) is 7.30. The molecule has 0 saturated heterocycles. The molecule has 0 N–H and O–H groups in total. The van der Waals surface area contributed by atoms with E-state index in [1.807, 2.05) is 37.3 Å². The Morgan fingerprint density at radius 2 is 2.00 bits per heavy atom. The molecular formula is C21H19ClN2O4S. The van der Waals surface area contributed by atoms with Crippen LogP contribution in [0.15, 0.2) is 53.5 Å². The summed E-state index contributed by atoms with van der Waals surface area (Å²) in [6, 6.07) is 12.8. The fraction of sp³-hybridized carbons (Fsp3) is 0.190. The smallest absolute Gasteiger partial charge is 0.325 e. The minimum Gasteiger partial charge on any atom is -0.492 e. The lowest BCUT2D eigenvalue weighted by Crippen LogP contribution is -2.22. The summed E-state index contributed by atoms with van der Waals surface area (Å²) in [5.41, 5.74) is 1.42. The van der Waals surface area contributed by atoms with Gasteiger partial charge in [-0.25, -0.2) is 0 Å². The number of amides is 1. The Kier molecular flexibility index (Phi) is 6.85. The van der Waals surface area contributed by atoms with Crippen LogP contribution in [0.25, 0.3) is 16.3 Å². The zero-order valence-electron chi connectivity index (χ0n) is 15.9. The van der Waals surface area contributed by atoms with E-state index in [1.54, 1.807) is 22.8 Å². The van der Waals surface area contributed by atoms with E-state index in [1.165, 1.54) is 24.5 Å². The highest BCUT2D eigenvalue weighted by atomic mass is 35.5. The van der Waals surface area contributed by atoms with Crippen molar-refractivity contribution in [2.45, 2.75) is 13.5 Å². The molecule has 0 fully saturated rings. The number of rotatable bonds is 6. The number of methoxy groups -OCH3 is 1. The van der Waals surface area contributed by atoms with E-state index in [9.17, 15) is 9.59 Å². The molecule has 1 amide bonds. The van der Waals surface area contributed by atoms with Crippen molar-refractivity contribution in [2.75, 3.05) is 13.7 Å². The molecule has 8 heteroatoms. The van der Waals surface area contributed by atoms with Gasteiger partial charge in [-0.05, 0) is 36.8 Å². The maximum Gasteiger partial charge on any atom is 0.325 e. The molecule has 0 aliphatic carbocycles. The Hall–Kier alpha value is -2.90. The largest absolute Gasteiger partial charge is 0.492 e. The van der Waals surface area contributed by atoms with Crippen LogP contribution in [-0.2, 0) is 20.9 Å². The third-order valence-corrected chi connectivity index (χ3v) is 5.38. The fourth-order valence-corrected chi connectivity index (χ4v) is 3.95. The zero-order valence-corrected chi connectivity index (χ0v) is 17.5. The van der Waals surface area contributed by atoms with Gasteiger partial charge in [0.15, 0.2) is 4.80 Å². The van der Waals surface area contributed by atoms with Gasteiger partial charge in [0.05, 0.1) is 18.4 Å². The van der Waals surface area contributed by atoms with Gasteiger partial charge >= 0.3 is 5.97 Å². The summed E-state index contributed by atoms with van der Waals surface area (Å²) < 4.78 is 13.0. The summed E-state index contributed by atoms with van der Waals surface area (Å²) in [5, 5.41) is 0.542. The van der Waals surface area contributed by atoms with E-state index < -0.39 is 11.9 Å². The first-order chi connectivity index (χ1) is 14.0. The van der Waals surface area contributed by atoms with Gasteiger partial charge in [-0.1, -0.05) is 47.2 Å². The third kappa shape index (κ3) is 4.93. The molecule has 1 heterocycles. The van der Waals surface area contributed by atoms with Crippen LogP contribution in [0.2, 0.25) is 5.02 Å². The van der Waals surface area contributed by atoms with Crippen molar-refractivity contribution in [3.63, 3.8) is 0 Å². The Bertz CT molecular complexity index is 1150. The first kappa shape index (κ1) is 20.8. The Labute approximate surface area is 176 Å². The van der Waals surface area contributed by atoms with E-state index in [-0.39, 0.29) is 6.54 Å². The van der Waals surface area contributed by atoms with Crippen molar-refractivity contribution in [1.29, 1.82) is 0 Å². The van der Waals surface area contributed by atoms with Gasteiger partial charge in [0.1, 0.15) is 17.8 Å². The Morgan fingerprint density at radius 3 is 2.72 bits per heavy atom. The lowest BCUT2D eigenvalue weighted by Gasteiger charge is -2.08. The first-order valence-corrected chi connectivity index (χ1v) is 10.1. The standard InChI is InChI=1S/C21H19ClN2O4S/c1-3-28-16-9-6-10-17-20(16)24(13-19(26)27-2)21(29-17)23-18(25)12-11-14-7-4-5-8-15(14)22/h4-12H,3,13H2,1-2H3. The number of aromatic nitrogens is 1. The van der Waals surface area contributed by atoms with Gasteiger partial charge < -0.3 is 14.0 Å². The van der Waals surface area contributed by atoms with Crippen LogP contribution >= 0.6 is 22.9 Å². The number of halogens is 1. The molecule has 3 rings (SSSR count). The number of thiazole rings is 1. The van der Waals surface area contributed by atoms with Gasteiger partial charge in [-0.2, -0.15) is 4.99 Å². The third-order valence-electron chi connectivity index (χ3n) is 4.00. The van der Waals surface area contributed by atoms with Gasteiger partial charge in [-0.3, -0.25) is 9.59 Å². The first-order valence-electron chi connectivity index (χ1n) is 8.86. The number of nitrogens with zero attached hydrogens (tertiary/aromatic N) is 2. The van der Waals surface area contributed by atoms with Gasteiger partial charge in [0.25, 0.3) is 5.91 Å². The second kappa shape index (κ2) is 9.54. The van der Waals surface area contributed by atoms with E-state index in [4.69, 9.17) is 21.1 Å². The predicted molar refractivity (Wildman–Crippen MR) is 114 cm³/mol. The molecule has 150 valence electrons. The number of carbonyl (C=O) groups excluding carboxylic acids is 2. The summed E-state index contributed by atoms with van der Waals surface area (Å²) in [5.74, 6) is -0.296. The van der Waals surface area contributed by atoms with Crippen LogP contribution < -0.4 is 9.54 Å². The molecule has 0 radical (unpaired) electrons. The van der Waals surface area contributed by atoms with E-state index in [0.717, 1.165) is 10.3 Å². The number of para-hydroxylation sites is 1. The minimum absolute atomic E-state index is 0.0824. The highest BCUT2D eigenvalue weighted by Crippen LogP contribution is 2.27. The van der Waals surface area contributed by atoms with Crippen molar-refractivity contribution in [3.8, 4) is 5.75 Å². The molecule has 0 atom stereocenters. The molecule has 0 aliphatic rings. The molecular weight excluding hydrogens is 412 g/mol. The number of hydrogen-bond acceptors (Lipinski definition) is 5. The summed E-state index contributed by atoms with van der Waals surface area (Å²) >= 11 is 7.40. The number of esters is 1. The number of ether oxygens (including phenoxy) is 2. The van der Waals surface area contributed by atoms with Crippen molar-refractivity contribution in [2.24, 2.45) is 4.99 Å².